The lowest BCUT2D eigenvalue weighted by Crippen LogP contribution is -2.21. The molecule has 1 heterocycles. The average molecular weight is 211 g/mol. The van der Waals surface area contributed by atoms with E-state index in [-0.39, 0.29) is 5.82 Å². The molecule has 0 bridgehead atoms. The van der Waals surface area contributed by atoms with Gasteiger partial charge < -0.3 is 4.90 Å². The van der Waals surface area contributed by atoms with Crippen molar-refractivity contribution < 1.29 is 4.39 Å². The van der Waals surface area contributed by atoms with Crippen LogP contribution in [0.25, 0.3) is 0 Å². The van der Waals surface area contributed by atoms with E-state index in [1.165, 1.54) is 5.56 Å². The maximum atomic E-state index is 13.0. The van der Waals surface area contributed by atoms with Gasteiger partial charge in [0.15, 0.2) is 0 Å². The first-order chi connectivity index (χ1) is 6.81. The molecule has 0 atom stereocenters. The fourth-order valence-electron chi connectivity index (χ4n) is 1.91. The number of hydrogen-bond acceptors (Lipinski definition) is 2. The summed E-state index contributed by atoms with van der Waals surface area (Å²) in [6, 6.07) is 5.08. The van der Waals surface area contributed by atoms with Crippen LogP contribution in [0.1, 0.15) is 12.0 Å². The zero-order valence-corrected chi connectivity index (χ0v) is 8.93. The fourth-order valence-corrected chi connectivity index (χ4v) is 2.05. The second kappa shape index (κ2) is 4.22. The monoisotopic (exact) mass is 211 g/mol. The molecule has 0 radical (unpaired) electrons. The van der Waals surface area contributed by atoms with Crippen LogP contribution in [0.3, 0.4) is 0 Å². The summed E-state index contributed by atoms with van der Waals surface area (Å²) in [6.07, 6.45) is 2.10. The molecule has 2 rings (SSSR count). The Hall–Kier alpha value is -0.700. The van der Waals surface area contributed by atoms with Gasteiger partial charge in [-0.15, -0.1) is 0 Å². The van der Waals surface area contributed by atoms with Gasteiger partial charge in [0, 0.05) is 18.8 Å². The van der Waals surface area contributed by atoms with Gasteiger partial charge >= 0.3 is 0 Å². The summed E-state index contributed by atoms with van der Waals surface area (Å²) >= 11 is 4.18. The van der Waals surface area contributed by atoms with Gasteiger partial charge in [0.05, 0.1) is 0 Å². The number of hydrogen-bond donors (Lipinski definition) is 1. The molecule has 14 heavy (non-hydrogen) atoms. The van der Waals surface area contributed by atoms with E-state index in [2.05, 4.69) is 17.5 Å². The van der Waals surface area contributed by atoms with Crippen molar-refractivity contribution >= 4 is 18.3 Å². The molecule has 0 amide bonds. The highest BCUT2D eigenvalue weighted by atomic mass is 32.1. The molecule has 1 aliphatic rings. The minimum Gasteiger partial charge on any atom is -0.371 e. The van der Waals surface area contributed by atoms with Crippen molar-refractivity contribution in [3.05, 3.63) is 29.6 Å². The van der Waals surface area contributed by atoms with Crippen molar-refractivity contribution in [2.45, 2.75) is 12.8 Å². The van der Waals surface area contributed by atoms with Gasteiger partial charge in [-0.05, 0) is 36.3 Å². The van der Waals surface area contributed by atoms with E-state index in [0.717, 1.165) is 37.4 Å². The van der Waals surface area contributed by atoms with Crippen molar-refractivity contribution in [3.63, 3.8) is 0 Å². The zero-order valence-electron chi connectivity index (χ0n) is 8.04. The normalized spacial score (nSPS) is 14.6. The summed E-state index contributed by atoms with van der Waals surface area (Å²) in [6.45, 7) is 2.01. The van der Waals surface area contributed by atoms with Crippen LogP contribution in [-0.2, 0) is 6.42 Å². The van der Waals surface area contributed by atoms with Gasteiger partial charge in [0.2, 0.25) is 0 Å². The minimum atomic E-state index is -0.137. The van der Waals surface area contributed by atoms with Crippen molar-refractivity contribution in [1.82, 2.24) is 0 Å². The predicted octanol–water partition coefficient (Wildman–Crippen LogP) is 2.51. The van der Waals surface area contributed by atoms with Crippen molar-refractivity contribution in [2.75, 3.05) is 23.7 Å². The predicted molar refractivity (Wildman–Crippen MR) is 60.8 cm³/mol. The SMILES string of the molecule is Fc1ccc2c(c1)N(CCCS)CC2. The summed E-state index contributed by atoms with van der Waals surface area (Å²) in [7, 11) is 0. The maximum Gasteiger partial charge on any atom is 0.125 e. The standard InChI is InChI=1S/C11H14FNS/c12-10-3-2-9-4-6-13(5-1-7-14)11(9)8-10/h2-3,8,14H,1,4-7H2. The third-order valence-electron chi connectivity index (χ3n) is 2.63. The van der Waals surface area contributed by atoms with E-state index in [0.29, 0.717) is 0 Å². The van der Waals surface area contributed by atoms with Gasteiger partial charge in [-0.3, -0.25) is 0 Å². The Bertz CT molecular complexity index is 327. The molecule has 1 aliphatic heterocycles. The Morgan fingerprint density at radius 3 is 3.07 bits per heavy atom. The molecule has 0 N–H and O–H groups in total. The lowest BCUT2D eigenvalue weighted by molar-refractivity contribution is 0.627. The molecule has 3 heteroatoms. The number of thiol groups is 1. The molecule has 0 unspecified atom stereocenters. The van der Waals surface area contributed by atoms with Gasteiger partial charge in [-0.1, -0.05) is 6.07 Å². The highest BCUT2D eigenvalue weighted by Gasteiger charge is 2.18. The van der Waals surface area contributed by atoms with Crippen LogP contribution in [0.4, 0.5) is 10.1 Å². The number of nitrogens with zero attached hydrogens (tertiary/aromatic N) is 1. The van der Waals surface area contributed by atoms with Crippen molar-refractivity contribution in [3.8, 4) is 0 Å². The first-order valence-electron chi connectivity index (χ1n) is 4.95. The molecule has 1 aromatic rings. The highest BCUT2D eigenvalue weighted by Crippen LogP contribution is 2.28. The zero-order chi connectivity index (χ0) is 9.97. The number of benzene rings is 1. The molecule has 0 spiro atoms. The Kier molecular flexibility index (Phi) is 2.96. The van der Waals surface area contributed by atoms with Gasteiger partial charge in [-0.25, -0.2) is 4.39 Å². The minimum absolute atomic E-state index is 0.137. The largest absolute Gasteiger partial charge is 0.371 e. The number of anilines is 1. The summed E-state index contributed by atoms with van der Waals surface area (Å²) in [4.78, 5) is 2.24. The Morgan fingerprint density at radius 2 is 2.29 bits per heavy atom. The Morgan fingerprint density at radius 1 is 1.43 bits per heavy atom. The third-order valence-corrected chi connectivity index (χ3v) is 2.94. The van der Waals surface area contributed by atoms with Crippen molar-refractivity contribution in [2.24, 2.45) is 0 Å². The number of rotatable bonds is 3. The topological polar surface area (TPSA) is 3.24 Å². The lowest BCUT2D eigenvalue weighted by Gasteiger charge is -2.18. The van der Waals surface area contributed by atoms with E-state index >= 15 is 0 Å². The van der Waals surface area contributed by atoms with E-state index < -0.39 is 0 Å². The van der Waals surface area contributed by atoms with E-state index in [4.69, 9.17) is 0 Å². The quantitative estimate of drug-likeness (QED) is 0.752. The van der Waals surface area contributed by atoms with Crippen LogP contribution in [0.15, 0.2) is 18.2 Å². The molecule has 76 valence electrons. The summed E-state index contributed by atoms with van der Waals surface area (Å²) < 4.78 is 13.0. The van der Waals surface area contributed by atoms with E-state index in [9.17, 15) is 4.39 Å². The smallest absolute Gasteiger partial charge is 0.125 e. The molecule has 1 aromatic carbocycles. The van der Waals surface area contributed by atoms with E-state index in [1.807, 2.05) is 6.07 Å². The Labute approximate surface area is 89.3 Å². The average Bonchev–Trinajstić information content (AvgIpc) is 2.57. The number of halogens is 1. The van der Waals surface area contributed by atoms with Crippen LogP contribution < -0.4 is 4.90 Å². The van der Waals surface area contributed by atoms with Crippen LogP contribution in [0.2, 0.25) is 0 Å². The first kappa shape index (κ1) is 9.84. The summed E-state index contributed by atoms with van der Waals surface area (Å²) in [5.74, 6) is 0.753. The van der Waals surface area contributed by atoms with Gasteiger partial charge in [-0.2, -0.15) is 12.6 Å². The van der Waals surface area contributed by atoms with Crippen LogP contribution in [-0.4, -0.2) is 18.8 Å². The molecule has 0 fully saturated rings. The van der Waals surface area contributed by atoms with Crippen LogP contribution in [0, 0.1) is 5.82 Å². The van der Waals surface area contributed by atoms with Crippen LogP contribution in [0.5, 0.6) is 0 Å². The summed E-state index contributed by atoms with van der Waals surface area (Å²) in [5, 5.41) is 0. The molecule has 0 saturated heterocycles. The highest BCUT2D eigenvalue weighted by molar-refractivity contribution is 7.80. The fraction of sp³-hybridized carbons (Fsp3) is 0.455. The van der Waals surface area contributed by atoms with Gasteiger partial charge in [0.25, 0.3) is 0 Å². The Balaban J connectivity index is 2.16. The molecule has 0 aliphatic carbocycles. The molecule has 0 aromatic heterocycles. The van der Waals surface area contributed by atoms with E-state index in [1.54, 1.807) is 12.1 Å². The van der Waals surface area contributed by atoms with Crippen molar-refractivity contribution in [1.29, 1.82) is 0 Å². The summed E-state index contributed by atoms with van der Waals surface area (Å²) in [5.41, 5.74) is 2.34. The first-order valence-corrected chi connectivity index (χ1v) is 5.59. The molecule has 1 nitrogen and oxygen atoms in total. The lowest BCUT2D eigenvalue weighted by atomic mass is 10.2. The maximum absolute atomic E-state index is 13.0. The van der Waals surface area contributed by atoms with Gasteiger partial charge in [0.1, 0.15) is 5.82 Å². The second-order valence-corrected chi connectivity index (χ2v) is 4.03. The molecular formula is C11H14FNS. The third kappa shape index (κ3) is 1.87. The second-order valence-electron chi connectivity index (χ2n) is 3.59. The number of fused-ring (bicyclic) bond motifs is 1. The molecule has 0 saturated carbocycles. The van der Waals surface area contributed by atoms with Crippen LogP contribution >= 0.6 is 12.6 Å². The molecular weight excluding hydrogens is 197 g/mol.